The molecule has 2 atom stereocenters. The monoisotopic (exact) mass is 399 g/mol. The van der Waals surface area contributed by atoms with E-state index in [4.69, 9.17) is 10.5 Å². The van der Waals surface area contributed by atoms with E-state index in [2.05, 4.69) is 5.10 Å². The summed E-state index contributed by atoms with van der Waals surface area (Å²) in [5.41, 5.74) is 5.24. The van der Waals surface area contributed by atoms with Gasteiger partial charge in [0.2, 0.25) is 11.8 Å². The second kappa shape index (κ2) is 6.95. The fourth-order valence-electron chi connectivity index (χ4n) is 4.29. The highest BCUT2D eigenvalue weighted by Gasteiger charge is 2.55. The van der Waals surface area contributed by atoms with Gasteiger partial charge in [0.25, 0.3) is 0 Å². The van der Waals surface area contributed by atoms with Gasteiger partial charge in [-0.2, -0.15) is 5.10 Å². The zero-order chi connectivity index (χ0) is 20.8. The second-order valence-corrected chi connectivity index (χ2v) is 7.28. The molecule has 4 rings (SSSR count). The van der Waals surface area contributed by atoms with E-state index in [-0.39, 0.29) is 36.6 Å². The fraction of sp³-hybridized carbons (Fsp3) is 0.286. The quantitative estimate of drug-likeness (QED) is 0.861. The largest absolute Gasteiger partial charge is 0.493 e. The smallest absolute Gasteiger partial charge is 0.240 e. The Morgan fingerprint density at radius 1 is 1.28 bits per heavy atom. The van der Waals surface area contributed by atoms with Gasteiger partial charge in [0.05, 0.1) is 12.3 Å². The molecule has 2 aromatic carbocycles. The van der Waals surface area contributed by atoms with Gasteiger partial charge >= 0.3 is 0 Å². The number of halogens is 2. The highest BCUT2D eigenvalue weighted by Crippen LogP contribution is 2.51. The molecule has 0 saturated heterocycles. The van der Waals surface area contributed by atoms with Gasteiger partial charge in [-0.3, -0.25) is 9.59 Å². The third-order valence-corrected chi connectivity index (χ3v) is 5.49. The Balaban J connectivity index is 1.90. The number of rotatable bonds is 3. The molecule has 2 aromatic rings. The third kappa shape index (κ3) is 3.04. The van der Waals surface area contributed by atoms with E-state index in [0.29, 0.717) is 11.3 Å². The highest BCUT2D eigenvalue weighted by atomic mass is 19.1. The van der Waals surface area contributed by atoms with Gasteiger partial charge in [0, 0.05) is 36.8 Å². The predicted molar refractivity (Wildman–Crippen MR) is 101 cm³/mol. The Hall–Kier alpha value is -3.29. The Morgan fingerprint density at radius 2 is 2.03 bits per heavy atom. The minimum atomic E-state index is -1.08. The van der Waals surface area contributed by atoms with E-state index in [0.717, 1.165) is 18.2 Å². The summed E-state index contributed by atoms with van der Waals surface area (Å²) in [6.45, 7) is 1.48. The first-order chi connectivity index (χ1) is 13.8. The molecule has 0 aromatic heterocycles. The number of carbonyl (C=O) groups excluding carboxylic acids is 2. The van der Waals surface area contributed by atoms with Crippen LogP contribution in [-0.2, 0) is 15.1 Å². The SMILES string of the molecule is CC(=O)N1N=C(c2cc(F)ccc2F)CC12c1ccccc1OCC2CC(N)=O. The van der Waals surface area contributed by atoms with Crippen molar-refractivity contribution < 1.29 is 23.1 Å². The van der Waals surface area contributed by atoms with Crippen LogP contribution in [0.25, 0.3) is 0 Å². The highest BCUT2D eigenvalue weighted by molar-refractivity contribution is 6.04. The molecule has 2 aliphatic heterocycles. The molecule has 0 radical (unpaired) electrons. The Bertz CT molecular complexity index is 1040. The van der Waals surface area contributed by atoms with Crippen molar-refractivity contribution in [3.63, 3.8) is 0 Å². The van der Waals surface area contributed by atoms with Gasteiger partial charge in [-0.1, -0.05) is 18.2 Å². The maximum absolute atomic E-state index is 14.5. The Kier molecular flexibility index (Phi) is 4.56. The summed E-state index contributed by atoms with van der Waals surface area (Å²) in [5, 5.41) is 5.64. The molecule has 2 aliphatic rings. The summed E-state index contributed by atoms with van der Waals surface area (Å²) >= 11 is 0. The lowest BCUT2D eigenvalue weighted by Gasteiger charge is -2.45. The lowest BCUT2D eigenvalue weighted by atomic mass is 9.71. The first-order valence-electron chi connectivity index (χ1n) is 9.17. The number of para-hydroxylation sites is 1. The number of primary amides is 1. The number of nitrogens with zero attached hydrogens (tertiary/aromatic N) is 2. The van der Waals surface area contributed by atoms with Gasteiger partial charge in [-0.15, -0.1) is 0 Å². The van der Waals surface area contributed by atoms with Gasteiger partial charge in [0.15, 0.2) is 0 Å². The average Bonchev–Trinajstić information content (AvgIpc) is 3.07. The van der Waals surface area contributed by atoms with Crippen LogP contribution in [0.3, 0.4) is 0 Å². The van der Waals surface area contributed by atoms with Gasteiger partial charge in [0.1, 0.15) is 22.9 Å². The molecule has 1 spiro atoms. The molecule has 8 heteroatoms. The van der Waals surface area contributed by atoms with Crippen molar-refractivity contribution in [1.29, 1.82) is 0 Å². The minimum Gasteiger partial charge on any atom is -0.493 e. The van der Waals surface area contributed by atoms with Crippen molar-refractivity contribution in [2.45, 2.75) is 25.3 Å². The standard InChI is InChI=1S/C21H19F2N3O3/c1-12(27)26-21(10-18(25-26)15-9-14(22)6-7-17(15)23)13(8-20(24)28)11-29-19-5-3-2-4-16(19)21/h2-7,9,13H,8,10-11H2,1H3,(H2,24,28). The first kappa shape index (κ1) is 19.0. The fourth-order valence-corrected chi connectivity index (χ4v) is 4.29. The van der Waals surface area contributed by atoms with Gasteiger partial charge in [-0.05, 0) is 24.3 Å². The molecule has 2 amide bonds. The molecule has 150 valence electrons. The number of hydrogen-bond donors (Lipinski definition) is 1. The van der Waals surface area contributed by atoms with Crippen LogP contribution in [0.4, 0.5) is 8.78 Å². The van der Waals surface area contributed by atoms with Gasteiger partial charge in [-0.25, -0.2) is 13.8 Å². The molecule has 2 N–H and O–H groups in total. The average molecular weight is 399 g/mol. The van der Waals surface area contributed by atoms with Crippen LogP contribution in [-0.4, -0.2) is 29.1 Å². The number of amides is 2. The molecule has 29 heavy (non-hydrogen) atoms. The summed E-state index contributed by atoms with van der Waals surface area (Å²) in [6.07, 6.45) is 0.0534. The molecular formula is C21H19F2N3O3. The van der Waals surface area contributed by atoms with Crippen LogP contribution in [0.15, 0.2) is 47.6 Å². The van der Waals surface area contributed by atoms with Crippen molar-refractivity contribution in [2.75, 3.05) is 6.61 Å². The summed E-state index contributed by atoms with van der Waals surface area (Å²) < 4.78 is 34.1. The Morgan fingerprint density at radius 3 is 2.76 bits per heavy atom. The normalized spacial score (nSPS) is 22.8. The number of hydrogen-bond acceptors (Lipinski definition) is 4. The molecule has 2 unspecified atom stereocenters. The molecular weight excluding hydrogens is 380 g/mol. The molecule has 2 heterocycles. The van der Waals surface area contributed by atoms with E-state index >= 15 is 0 Å². The summed E-state index contributed by atoms with van der Waals surface area (Å²) in [6, 6.07) is 10.2. The van der Waals surface area contributed by atoms with E-state index in [1.807, 2.05) is 0 Å². The summed E-state index contributed by atoms with van der Waals surface area (Å²) in [7, 11) is 0. The van der Waals surface area contributed by atoms with Crippen LogP contribution in [0.1, 0.15) is 30.9 Å². The van der Waals surface area contributed by atoms with Crippen LogP contribution in [0, 0.1) is 17.6 Å². The minimum absolute atomic E-state index is 0.0186. The van der Waals surface area contributed by atoms with E-state index in [1.165, 1.54) is 11.9 Å². The lowest BCUT2D eigenvalue weighted by Crippen LogP contribution is -2.53. The topological polar surface area (TPSA) is 85.0 Å². The maximum Gasteiger partial charge on any atom is 0.240 e. The van der Waals surface area contributed by atoms with Crippen molar-refractivity contribution in [1.82, 2.24) is 5.01 Å². The van der Waals surface area contributed by atoms with E-state index in [1.54, 1.807) is 24.3 Å². The number of carbonyl (C=O) groups is 2. The zero-order valence-corrected chi connectivity index (χ0v) is 15.7. The number of ether oxygens (including phenoxy) is 1. The number of nitrogens with two attached hydrogens (primary N) is 1. The van der Waals surface area contributed by atoms with Crippen molar-refractivity contribution in [3.8, 4) is 5.75 Å². The van der Waals surface area contributed by atoms with E-state index < -0.39 is 29.0 Å². The van der Waals surface area contributed by atoms with Crippen LogP contribution >= 0.6 is 0 Å². The number of fused-ring (bicyclic) bond motifs is 2. The lowest BCUT2D eigenvalue weighted by molar-refractivity contribution is -0.140. The van der Waals surface area contributed by atoms with Crippen molar-refractivity contribution >= 4 is 17.5 Å². The molecule has 0 bridgehead atoms. The second-order valence-electron chi connectivity index (χ2n) is 7.28. The van der Waals surface area contributed by atoms with Crippen molar-refractivity contribution in [2.24, 2.45) is 16.8 Å². The Labute approximate surface area is 165 Å². The predicted octanol–water partition coefficient (Wildman–Crippen LogP) is 2.70. The molecule has 0 saturated carbocycles. The summed E-state index contributed by atoms with van der Waals surface area (Å²) in [4.78, 5) is 24.3. The van der Waals surface area contributed by atoms with Crippen LogP contribution < -0.4 is 10.5 Å². The third-order valence-electron chi connectivity index (χ3n) is 5.49. The molecule has 6 nitrogen and oxygen atoms in total. The van der Waals surface area contributed by atoms with Crippen LogP contribution in [0.2, 0.25) is 0 Å². The number of benzene rings is 2. The maximum atomic E-state index is 14.5. The first-order valence-corrected chi connectivity index (χ1v) is 9.17. The molecule has 0 fully saturated rings. The van der Waals surface area contributed by atoms with E-state index in [9.17, 15) is 18.4 Å². The van der Waals surface area contributed by atoms with Crippen LogP contribution in [0.5, 0.6) is 5.75 Å². The summed E-state index contributed by atoms with van der Waals surface area (Å²) in [5.74, 6) is -2.14. The zero-order valence-electron chi connectivity index (χ0n) is 15.7. The van der Waals surface area contributed by atoms with Gasteiger partial charge < -0.3 is 10.5 Å². The number of hydrazone groups is 1. The van der Waals surface area contributed by atoms with Crippen molar-refractivity contribution in [3.05, 3.63) is 65.2 Å². The molecule has 0 aliphatic carbocycles.